The topological polar surface area (TPSA) is 124 Å². The normalized spacial score (nSPS) is 22.2. The van der Waals surface area contributed by atoms with Crippen LogP contribution in [0.15, 0.2) is 47.3 Å². The molecule has 0 aliphatic heterocycles. The minimum absolute atomic E-state index is 0.0818. The second-order valence-electron chi connectivity index (χ2n) is 10.8. The van der Waals surface area contributed by atoms with Gasteiger partial charge in [-0.1, -0.05) is 19.9 Å². The third-order valence-corrected chi connectivity index (χ3v) is 9.03. The van der Waals surface area contributed by atoms with E-state index < -0.39 is 33.1 Å². The molecule has 1 unspecified atom stereocenters. The van der Waals surface area contributed by atoms with Gasteiger partial charge in [0.25, 0.3) is 0 Å². The summed E-state index contributed by atoms with van der Waals surface area (Å²) in [5.74, 6) is -1.09. The summed E-state index contributed by atoms with van der Waals surface area (Å²) in [5, 5.41) is 8.82. The lowest BCUT2D eigenvalue weighted by molar-refractivity contribution is 0.242. The van der Waals surface area contributed by atoms with Crippen LogP contribution in [0.5, 0.6) is 0 Å². The molecule has 2 aliphatic rings. The maximum Gasteiger partial charge on any atom is 0.246 e. The number of fused-ring (bicyclic) bond motifs is 5. The van der Waals surface area contributed by atoms with Gasteiger partial charge in [0.15, 0.2) is 0 Å². The van der Waals surface area contributed by atoms with Crippen LogP contribution in [0, 0.1) is 17.0 Å². The molecule has 202 valence electrons. The van der Waals surface area contributed by atoms with Gasteiger partial charge in [-0.05, 0) is 54.9 Å². The van der Waals surface area contributed by atoms with Gasteiger partial charge in [0.1, 0.15) is 23.6 Å². The van der Waals surface area contributed by atoms with Crippen LogP contribution in [0.2, 0.25) is 0 Å². The third kappa shape index (κ3) is 3.88. The fraction of sp³-hybridized carbons (Fsp3) is 0.370. The molecule has 1 fully saturated rings. The van der Waals surface area contributed by atoms with Crippen LogP contribution in [0.3, 0.4) is 0 Å². The Kier molecular flexibility index (Phi) is 5.71. The summed E-state index contributed by atoms with van der Waals surface area (Å²) in [6.07, 6.45) is 7.30. The van der Waals surface area contributed by atoms with Gasteiger partial charge in [-0.15, -0.1) is 5.10 Å². The molecule has 0 radical (unpaired) electrons. The molecule has 0 amide bonds. The monoisotopic (exact) mass is 552 g/mol. The molecule has 0 spiro atoms. The summed E-state index contributed by atoms with van der Waals surface area (Å²) in [4.78, 5) is 13.8. The van der Waals surface area contributed by atoms with E-state index in [1.807, 2.05) is 0 Å². The number of nitrogens with zero attached hydrogens (tertiary/aromatic N) is 5. The lowest BCUT2D eigenvalue weighted by Gasteiger charge is -2.37. The quantitative estimate of drug-likeness (QED) is 0.366. The SMILES string of the molecule is CC(NS(C)(=O)=O)c1coc(-c2cncc([C@@]34CC[C@@H](c5cc(-c6c(F)cccc6F)nnc53)C4(C)C)n2)n1. The van der Waals surface area contributed by atoms with Crippen LogP contribution < -0.4 is 4.72 Å². The highest BCUT2D eigenvalue weighted by Crippen LogP contribution is 2.69. The summed E-state index contributed by atoms with van der Waals surface area (Å²) in [7, 11) is -3.43. The first kappa shape index (κ1) is 25.6. The molecule has 9 nitrogen and oxygen atoms in total. The maximum atomic E-state index is 14.5. The average Bonchev–Trinajstić information content (AvgIpc) is 3.52. The average molecular weight is 553 g/mol. The molecule has 2 aliphatic carbocycles. The second-order valence-corrected chi connectivity index (χ2v) is 12.6. The predicted molar refractivity (Wildman–Crippen MR) is 138 cm³/mol. The summed E-state index contributed by atoms with van der Waals surface area (Å²) < 4.78 is 60.4. The molecule has 0 saturated heterocycles. The first-order valence-corrected chi connectivity index (χ1v) is 14.4. The number of hydrogen-bond donors (Lipinski definition) is 1. The molecule has 1 aromatic carbocycles. The minimum atomic E-state index is -3.43. The number of hydrogen-bond acceptors (Lipinski definition) is 8. The molecule has 39 heavy (non-hydrogen) atoms. The van der Waals surface area contributed by atoms with Crippen molar-refractivity contribution in [2.75, 3.05) is 6.26 Å². The van der Waals surface area contributed by atoms with Gasteiger partial charge in [-0.25, -0.2) is 31.9 Å². The van der Waals surface area contributed by atoms with E-state index in [4.69, 9.17) is 9.40 Å². The zero-order valence-electron chi connectivity index (χ0n) is 21.7. The number of sulfonamides is 1. The third-order valence-electron chi connectivity index (χ3n) is 8.25. The molecule has 4 aromatic rings. The largest absolute Gasteiger partial charge is 0.443 e. The second kappa shape index (κ2) is 8.68. The minimum Gasteiger partial charge on any atom is -0.443 e. The van der Waals surface area contributed by atoms with E-state index in [9.17, 15) is 17.2 Å². The summed E-state index contributed by atoms with van der Waals surface area (Å²) in [5.41, 5.74) is 2.12. The Morgan fingerprint density at radius 1 is 1.10 bits per heavy atom. The number of oxazole rings is 1. The molecule has 3 atom stereocenters. The Morgan fingerprint density at radius 2 is 1.85 bits per heavy atom. The van der Waals surface area contributed by atoms with E-state index in [1.54, 1.807) is 19.2 Å². The van der Waals surface area contributed by atoms with E-state index >= 15 is 0 Å². The molecule has 1 N–H and O–H groups in total. The Labute approximate surface area is 224 Å². The van der Waals surface area contributed by atoms with Crippen molar-refractivity contribution in [1.29, 1.82) is 0 Å². The highest BCUT2D eigenvalue weighted by atomic mass is 32.2. The molecular weight excluding hydrogens is 526 g/mol. The highest BCUT2D eigenvalue weighted by Gasteiger charge is 2.65. The van der Waals surface area contributed by atoms with Gasteiger partial charge in [0, 0.05) is 6.20 Å². The Bertz CT molecular complexity index is 1700. The zero-order valence-corrected chi connectivity index (χ0v) is 22.6. The fourth-order valence-electron chi connectivity index (χ4n) is 6.42. The number of halogens is 2. The van der Waals surface area contributed by atoms with Crippen molar-refractivity contribution in [2.24, 2.45) is 5.41 Å². The van der Waals surface area contributed by atoms with Crippen LogP contribution in [0.4, 0.5) is 8.78 Å². The van der Waals surface area contributed by atoms with Crippen LogP contribution >= 0.6 is 0 Å². The Morgan fingerprint density at radius 3 is 2.56 bits per heavy atom. The van der Waals surface area contributed by atoms with Gasteiger partial charge in [-0.3, -0.25) is 4.98 Å². The van der Waals surface area contributed by atoms with Crippen molar-refractivity contribution < 1.29 is 21.6 Å². The molecule has 2 bridgehead atoms. The van der Waals surface area contributed by atoms with Crippen LogP contribution in [-0.4, -0.2) is 39.8 Å². The van der Waals surface area contributed by atoms with Crippen LogP contribution in [0.1, 0.15) is 68.2 Å². The van der Waals surface area contributed by atoms with E-state index in [-0.39, 0.29) is 28.5 Å². The standard InChI is InChI=1S/C27H26F2N6O3S/c1-14(35-39(4,36)37)21-13-38-25(32-21)20-11-30-12-22(31-20)27-9-8-16(26(27,2)3)15-10-19(33-34-24(15)27)23-17(28)6-5-7-18(23)29/h5-7,10-14,16,35H,8-9H2,1-4H3/t14?,16-,27-/m0/s1. The number of benzene rings is 1. The molecule has 6 rings (SSSR count). The van der Waals surface area contributed by atoms with E-state index in [0.29, 0.717) is 17.1 Å². The van der Waals surface area contributed by atoms with Crippen molar-refractivity contribution in [2.45, 2.75) is 51.0 Å². The number of rotatable bonds is 6. The van der Waals surface area contributed by atoms with Crippen molar-refractivity contribution in [3.05, 3.63) is 77.2 Å². The Balaban J connectivity index is 1.42. The molecule has 3 heterocycles. The molecular formula is C27H26F2N6O3S. The van der Waals surface area contributed by atoms with Crippen molar-refractivity contribution in [1.82, 2.24) is 29.9 Å². The molecule has 12 heteroatoms. The first-order valence-electron chi connectivity index (χ1n) is 12.5. The van der Waals surface area contributed by atoms with Gasteiger partial charge in [0.2, 0.25) is 15.9 Å². The van der Waals surface area contributed by atoms with Crippen molar-refractivity contribution in [3.63, 3.8) is 0 Å². The predicted octanol–water partition coefficient (Wildman–Crippen LogP) is 4.68. The lowest BCUT2D eigenvalue weighted by Crippen LogP contribution is -2.38. The van der Waals surface area contributed by atoms with Crippen molar-refractivity contribution >= 4 is 10.0 Å². The maximum absolute atomic E-state index is 14.5. The van der Waals surface area contributed by atoms with Gasteiger partial charge in [-0.2, -0.15) is 5.10 Å². The van der Waals surface area contributed by atoms with Gasteiger partial charge < -0.3 is 4.42 Å². The summed E-state index contributed by atoms with van der Waals surface area (Å²) in [6, 6.07) is 4.90. The highest BCUT2D eigenvalue weighted by molar-refractivity contribution is 7.88. The summed E-state index contributed by atoms with van der Waals surface area (Å²) in [6.45, 7) is 5.96. The molecule has 1 saturated carbocycles. The van der Waals surface area contributed by atoms with Crippen molar-refractivity contribution in [3.8, 4) is 22.8 Å². The van der Waals surface area contributed by atoms with Gasteiger partial charge in [0.05, 0.1) is 52.2 Å². The number of nitrogens with one attached hydrogen (secondary N) is 1. The lowest BCUT2D eigenvalue weighted by atomic mass is 9.66. The first-order chi connectivity index (χ1) is 18.4. The molecule has 3 aromatic heterocycles. The van der Waals surface area contributed by atoms with E-state index in [1.165, 1.54) is 30.7 Å². The van der Waals surface area contributed by atoms with Crippen LogP contribution in [-0.2, 0) is 15.4 Å². The fourth-order valence-corrected chi connectivity index (χ4v) is 7.18. The van der Waals surface area contributed by atoms with Gasteiger partial charge >= 0.3 is 0 Å². The smallest absolute Gasteiger partial charge is 0.246 e. The zero-order chi connectivity index (χ0) is 27.7. The number of aromatic nitrogens is 5. The van der Waals surface area contributed by atoms with E-state index in [2.05, 4.69) is 38.7 Å². The Hall–Kier alpha value is -3.64. The van der Waals surface area contributed by atoms with Crippen LogP contribution in [0.25, 0.3) is 22.8 Å². The summed E-state index contributed by atoms with van der Waals surface area (Å²) >= 11 is 0. The van der Waals surface area contributed by atoms with E-state index in [0.717, 1.165) is 30.4 Å².